The summed E-state index contributed by atoms with van der Waals surface area (Å²) in [4.78, 5) is 20.6. The van der Waals surface area contributed by atoms with E-state index in [1.54, 1.807) is 0 Å². The van der Waals surface area contributed by atoms with Crippen LogP contribution < -0.4 is 20.9 Å². The minimum atomic E-state index is 0. The van der Waals surface area contributed by atoms with Crippen LogP contribution in [0.5, 0.6) is 0 Å². The summed E-state index contributed by atoms with van der Waals surface area (Å²) in [6.45, 7) is 11.7. The SMILES string of the molecule is CN=C(NCc1ccc(N2CCNC(=O)C2)cc1)NCC(CC(C)C)N1CCOCC1.I. The molecule has 2 saturated heterocycles. The number of benzene rings is 1. The lowest BCUT2D eigenvalue weighted by Gasteiger charge is -2.35. The van der Waals surface area contributed by atoms with Crippen molar-refractivity contribution in [2.45, 2.75) is 32.9 Å². The van der Waals surface area contributed by atoms with Gasteiger partial charge in [0.05, 0.1) is 19.8 Å². The second-order valence-electron chi connectivity index (χ2n) is 8.68. The molecule has 2 aliphatic heterocycles. The first kappa shape index (κ1) is 26.7. The van der Waals surface area contributed by atoms with E-state index in [-0.39, 0.29) is 29.9 Å². The van der Waals surface area contributed by atoms with Gasteiger partial charge < -0.3 is 25.6 Å². The fraction of sp³-hybridized carbons (Fsp3) is 0.652. The summed E-state index contributed by atoms with van der Waals surface area (Å²) in [7, 11) is 1.81. The van der Waals surface area contributed by atoms with Crippen LogP contribution in [-0.2, 0) is 16.1 Å². The van der Waals surface area contributed by atoms with E-state index in [4.69, 9.17) is 4.74 Å². The highest BCUT2D eigenvalue weighted by Gasteiger charge is 2.22. The quantitative estimate of drug-likeness (QED) is 0.256. The molecular formula is C23H39IN6O2. The highest BCUT2D eigenvalue weighted by atomic mass is 127. The number of nitrogens with zero attached hydrogens (tertiary/aromatic N) is 3. The van der Waals surface area contributed by atoms with Gasteiger partial charge in [-0.15, -0.1) is 24.0 Å². The first-order valence-corrected chi connectivity index (χ1v) is 11.4. The molecule has 2 heterocycles. The zero-order valence-electron chi connectivity index (χ0n) is 19.6. The minimum Gasteiger partial charge on any atom is -0.379 e. The number of anilines is 1. The summed E-state index contributed by atoms with van der Waals surface area (Å²) in [5, 5.41) is 9.80. The van der Waals surface area contributed by atoms with Crippen LogP contribution in [0, 0.1) is 5.92 Å². The maximum Gasteiger partial charge on any atom is 0.239 e. The summed E-state index contributed by atoms with van der Waals surface area (Å²) in [5.74, 6) is 1.55. The number of nitrogens with one attached hydrogen (secondary N) is 3. The molecule has 9 heteroatoms. The topological polar surface area (TPSA) is 81.2 Å². The van der Waals surface area contributed by atoms with Crippen molar-refractivity contribution in [3.05, 3.63) is 29.8 Å². The molecule has 2 aliphatic rings. The lowest BCUT2D eigenvalue weighted by molar-refractivity contribution is -0.120. The molecule has 0 aliphatic carbocycles. The molecule has 0 aromatic heterocycles. The Morgan fingerprint density at radius 2 is 1.88 bits per heavy atom. The number of hydrogen-bond donors (Lipinski definition) is 3. The smallest absolute Gasteiger partial charge is 0.239 e. The van der Waals surface area contributed by atoms with Gasteiger partial charge in [-0.2, -0.15) is 0 Å². The summed E-state index contributed by atoms with van der Waals surface area (Å²) in [6.07, 6.45) is 1.15. The predicted octanol–water partition coefficient (Wildman–Crippen LogP) is 1.65. The third kappa shape index (κ3) is 8.40. The Balaban J connectivity index is 0.00000363. The molecule has 1 aromatic carbocycles. The highest BCUT2D eigenvalue weighted by molar-refractivity contribution is 14.0. The lowest BCUT2D eigenvalue weighted by Crippen LogP contribution is -2.50. The molecule has 180 valence electrons. The van der Waals surface area contributed by atoms with Crippen LogP contribution in [0.1, 0.15) is 25.8 Å². The standard InChI is InChI=1S/C23H38N6O2.HI/c1-18(2)14-21(28-10-12-31-13-11-28)16-27-23(24-3)26-15-19-4-6-20(7-5-19)29-9-8-25-22(30)17-29;/h4-7,18,21H,8-17H2,1-3H3,(H,25,30)(H2,24,26,27);1H. The number of aliphatic imine (C=N–C) groups is 1. The van der Waals surface area contributed by atoms with Gasteiger partial charge in [-0.25, -0.2) is 0 Å². The molecule has 0 saturated carbocycles. The minimum absolute atomic E-state index is 0. The van der Waals surface area contributed by atoms with Crippen LogP contribution in [0.4, 0.5) is 5.69 Å². The van der Waals surface area contributed by atoms with Gasteiger partial charge >= 0.3 is 0 Å². The first-order valence-electron chi connectivity index (χ1n) is 11.4. The van der Waals surface area contributed by atoms with Crippen molar-refractivity contribution in [1.82, 2.24) is 20.9 Å². The van der Waals surface area contributed by atoms with Crippen molar-refractivity contribution in [2.24, 2.45) is 10.9 Å². The lowest BCUT2D eigenvalue weighted by atomic mass is 10.0. The van der Waals surface area contributed by atoms with Crippen LogP contribution in [0.25, 0.3) is 0 Å². The summed E-state index contributed by atoms with van der Waals surface area (Å²) in [5.41, 5.74) is 2.27. The summed E-state index contributed by atoms with van der Waals surface area (Å²) in [6, 6.07) is 8.86. The number of carbonyl (C=O) groups excluding carboxylic acids is 1. The van der Waals surface area contributed by atoms with E-state index in [2.05, 4.69) is 68.9 Å². The van der Waals surface area contributed by atoms with Crippen molar-refractivity contribution < 1.29 is 9.53 Å². The molecule has 8 nitrogen and oxygen atoms in total. The maximum atomic E-state index is 11.6. The number of halogens is 1. The number of rotatable bonds is 8. The zero-order chi connectivity index (χ0) is 22.1. The Hall–Kier alpha value is -1.59. The normalized spacial score (nSPS) is 18.7. The van der Waals surface area contributed by atoms with E-state index in [0.29, 0.717) is 31.6 Å². The number of hydrogen-bond acceptors (Lipinski definition) is 5. The number of carbonyl (C=O) groups is 1. The Bertz CT molecular complexity index is 722. The second-order valence-corrected chi connectivity index (χ2v) is 8.68. The van der Waals surface area contributed by atoms with Gasteiger partial charge in [0.2, 0.25) is 5.91 Å². The van der Waals surface area contributed by atoms with Crippen LogP contribution in [0.2, 0.25) is 0 Å². The summed E-state index contributed by atoms with van der Waals surface area (Å²) >= 11 is 0. The Labute approximate surface area is 209 Å². The van der Waals surface area contributed by atoms with Crippen molar-refractivity contribution in [3.63, 3.8) is 0 Å². The molecule has 3 rings (SSSR count). The zero-order valence-corrected chi connectivity index (χ0v) is 21.9. The number of amides is 1. The molecule has 2 fully saturated rings. The van der Waals surface area contributed by atoms with Crippen LogP contribution >= 0.6 is 24.0 Å². The van der Waals surface area contributed by atoms with Gasteiger partial charge in [-0.3, -0.25) is 14.7 Å². The van der Waals surface area contributed by atoms with E-state index in [0.717, 1.165) is 57.5 Å². The number of ether oxygens (including phenoxy) is 1. The van der Waals surface area contributed by atoms with Crippen molar-refractivity contribution >= 4 is 41.5 Å². The molecule has 0 bridgehead atoms. The average Bonchev–Trinajstić information content (AvgIpc) is 2.79. The third-order valence-electron chi connectivity index (χ3n) is 5.83. The molecule has 1 unspecified atom stereocenters. The van der Waals surface area contributed by atoms with E-state index in [1.165, 1.54) is 5.56 Å². The first-order chi connectivity index (χ1) is 15.0. The maximum absolute atomic E-state index is 11.6. The van der Waals surface area contributed by atoms with Crippen molar-refractivity contribution in [2.75, 3.05) is 64.4 Å². The second kappa shape index (κ2) is 13.8. The van der Waals surface area contributed by atoms with E-state index >= 15 is 0 Å². The predicted molar refractivity (Wildman–Crippen MR) is 141 cm³/mol. The number of morpholine rings is 1. The Morgan fingerprint density at radius 3 is 2.50 bits per heavy atom. The van der Waals surface area contributed by atoms with Crippen molar-refractivity contribution in [1.29, 1.82) is 0 Å². The molecule has 1 amide bonds. The van der Waals surface area contributed by atoms with Gasteiger partial charge in [0.25, 0.3) is 0 Å². The molecule has 3 N–H and O–H groups in total. The Kier molecular flexibility index (Phi) is 11.5. The van der Waals surface area contributed by atoms with Gasteiger partial charge in [-0.05, 0) is 30.0 Å². The van der Waals surface area contributed by atoms with Crippen LogP contribution in [0.15, 0.2) is 29.3 Å². The number of piperazine rings is 1. The van der Waals surface area contributed by atoms with Gasteiger partial charge in [0.15, 0.2) is 5.96 Å². The molecule has 1 aromatic rings. The van der Waals surface area contributed by atoms with E-state index in [9.17, 15) is 4.79 Å². The number of guanidine groups is 1. The van der Waals surface area contributed by atoms with Gasteiger partial charge in [0.1, 0.15) is 0 Å². The molecule has 32 heavy (non-hydrogen) atoms. The van der Waals surface area contributed by atoms with Gasteiger partial charge in [0, 0.05) is 58.0 Å². The third-order valence-corrected chi connectivity index (χ3v) is 5.83. The molecule has 0 spiro atoms. The van der Waals surface area contributed by atoms with Crippen LogP contribution in [0.3, 0.4) is 0 Å². The Morgan fingerprint density at radius 1 is 1.16 bits per heavy atom. The monoisotopic (exact) mass is 558 g/mol. The van der Waals surface area contributed by atoms with Gasteiger partial charge in [-0.1, -0.05) is 26.0 Å². The fourth-order valence-corrected chi connectivity index (χ4v) is 4.15. The highest BCUT2D eigenvalue weighted by Crippen LogP contribution is 2.16. The largest absolute Gasteiger partial charge is 0.379 e. The summed E-state index contributed by atoms with van der Waals surface area (Å²) < 4.78 is 5.52. The van der Waals surface area contributed by atoms with Crippen LogP contribution in [-0.4, -0.2) is 82.3 Å². The average molecular weight is 559 g/mol. The molecular weight excluding hydrogens is 519 g/mol. The van der Waals surface area contributed by atoms with Crippen molar-refractivity contribution in [3.8, 4) is 0 Å². The van der Waals surface area contributed by atoms with E-state index < -0.39 is 0 Å². The molecule has 0 radical (unpaired) electrons. The fourth-order valence-electron chi connectivity index (χ4n) is 4.15. The van der Waals surface area contributed by atoms with E-state index in [1.807, 2.05) is 7.05 Å². The molecule has 1 atom stereocenters.